The molecule has 8 N–H and O–H groups in total. The van der Waals surface area contributed by atoms with Crippen LogP contribution >= 0.6 is 0 Å². The molecule has 204 valence electrons. The molecule has 0 amide bonds. The Balaban J connectivity index is 0.000000497. The molecule has 0 aromatic heterocycles. The fourth-order valence-electron chi connectivity index (χ4n) is 4.30. The fraction of sp³-hybridized carbons (Fsp3) is 0.538. The molecular formula is C26H52N4O2Si4. The number of hydrogen-bond donors (Lipinski definition) is 4. The molecule has 0 aliphatic heterocycles. The molecule has 10 heteroatoms. The largest absolute Gasteiger partial charge is 0.454 e. The van der Waals surface area contributed by atoms with E-state index in [0.29, 0.717) is 25.4 Å². The lowest BCUT2D eigenvalue weighted by Crippen LogP contribution is -2.60. The summed E-state index contributed by atoms with van der Waals surface area (Å²) in [6.45, 7) is 14.7. The quantitative estimate of drug-likeness (QED) is 0.262. The van der Waals surface area contributed by atoms with Crippen molar-refractivity contribution in [2.75, 3.05) is 25.4 Å². The van der Waals surface area contributed by atoms with Crippen molar-refractivity contribution in [3.8, 4) is 0 Å². The zero-order chi connectivity index (χ0) is 27.3. The Labute approximate surface area is 224 Å². The Hall–Kier alpha value is -0.932. The number of benzene rings is 2. The van der Waals surface area contributed by atoms with Crippen LogP contribution in [-0.2, 0) is 8.23 Å². The molecule has 0 bridgehead atoms. The van der Waals surface area contributed by atoms with Crippen molar-refractivity contribution in [2.45, 2.75) is 64.2 Å². The molecule has 2 rings (SSSR count). The highest BCUT2D eigenvalue weighted by Crippen LogP contribution is 2.24. The Morgan fingerprint density at radius 2 is 0.861 bits per heavy atom. The summed E-state index contributed by atoms with van der Waals surface area (Å²) in [6.07, 6.45) is 3.38. The zero-order valence-electron chi connectivity index (χ0n) is 23.6. The molecule has 0 spiro atoms. The molecular weight excluding hydrogens is 513 g/mol. The monoisotopic (exact) mass is 564 g/mol. The van der Waals surface area contributed by atoms with Crippen LogP contribution in [0.3, 0.4) is 0 Å². The third-order valence-corrected chi connectivity index (χ3v) is 22.2. The van der Waals surface area contributed by atoms with Crippen molar-refractivity contribution in [3.63, 3.8) is 0 Å². The summed E-state index contributed by atoms with van der Waals surface area (Å²) in [4.78, 5) is 0. The van der Waals surface area contributed by atoms with Crippen molar-refractivity contribution >= 4 is 43.6 Å². The Bertz CT molecular complexity index is 792. The summed E-state index contributed by atoms with van der Waals surface area (Å²) >= 11 is 0. The van der Waals surface area contributed by atoms with Crippen molar-refractivity contribution < 1.29 is 8.23 Å². The predicted octanol–water partition coefficient (Wildman–Crippen LogP) is 3.07. The zero-order valence-corrected chi connectivity index (χ0v) is 27.6. The van der Waals surface area contributed by atoms with E-state index in [4.69, 9.17) is 31.2 Å². The highest BCUT2D eigenvalue weighted by molar-refractivity contribution is 6.98. The maximum absolute atomic E-state index is 7.17. The van der Waals surface area contributed by atoms with Gasteiger partial charge >= 0.3 is 0 Å². The van der Waals surface area contributed by atoms with E-state index >= 15 is 0 Å². The van der Waals surface area contributed by atoms with Crippen LogP contribution in [0, 0.1) is 0 Å². The maximum Gasteiger partial charge on any atom is 0.209 e. The second-order valence-electron chi connectivity index (χ2n) is 11.1. The summed E-state index contributed by atoms with van der Waals surface area (Å²) in [6, 6.07) is 23.7. The molecule has 0 aliphatic rings. The Morgan fingerprint density at radius 3 is 1.14 bits per heavy atom. The van der Waals surface area contributed by atoms with E-state index in [1.807, 2.05) is 0 Å². The molecule has 6 nitrogen and oxygen atoms in total. The molecule has 2 aromatic carbocycles. The molecule has 2 aromatic rings. The van der Waals surface area contributed by atoms with Gasteiger partial charge in [-0.2, -0.15) is 0 Å². The van der Waals surface area contributed by atoms with E-state index in [2.05, 4.69) is 99.9 Å². The van der Waals surface area contributed by atoms with Gasteiger partial charge in [0.2, 0.25) is 16.6 Å². The van der Waals surface area contributed by atoms with Gasteiger partial charge in [0.05, 0.1) is 0 Å². The van der Waals surface area contributed by atoms with Crippen LogP contribution in [0.25, 0.3) is 0 Å². The van der Waals surface area contributed by atoms with Gasteiger partial charge in [-0.05, 0) is 87.7 Å². The smallest absolute Gasteiger partial charge is 0.209 e. The minimum Gasteiger partial charge on any atom is -0.454 e. The first-order chi connectivity index (χ1) is 16.9. The Kier molecular flexibility index (Phi) is 14.2. The highest BCUT2D eigenvalue weighted by atomic mass is 28.4. The summed E-state index contributed by atoms with van der Waals surface area (Å²) < 4.78 is 13.1. The van der Waals surface area contributed by atoms with E-state index in [-0.39, 0.29) is 0 Å². The van der Waals surface area contributed by atoms with Crippen LogP contribution in [0.1, 0.15) is 12.8 Å². The van der Waals surface area contributed by atoms with Gasteiger partial charge in [0.25, 0.3) is 0 Å². The molecule has 0 fully saturated rings. The van der Waals surface area contributed by atoms with Crippen LogP contribution in [-0.4, -0.2) is 58.7 Å². The van der Waals surface area contributed by atoms with Crippen LogP contribution in [0.2, 0.25) is 51.4 Å². The van der Waals surface area contributed by atoms with E-state index in [0.717, 1.165) is 24.9 Å². The SMILES string of the molecule is C[Si](C)(CN)O[Si](C)(C)CN.C[Si](CCCN)(O[Si](C)(CCCN)c1ccccc1)c1ccccc1. The van der Waals surface area contributed by atoms with Crippen LogP contribution in [0.4, 0.5) is 0 Å². The predicted molar refractivity (Wildman–Crippen MR) is 168 cm³/mol. The first-order valence-corrected chi connectivity index (χ1v) is 24.6. The lowest BCUT2D eigenvalue weighted by Gasteiger charge is -2.39. The lowest BCUT2D eigenvalue weighted by molar-refractivity contribution is 0.541. The first-order valence-electron chi connectivity index (χ1n) is 13.2. The number of rotatable bonds is 14. The van der Waals surface area contributed by atoms with Crippen molar-refractivity contribution in [2.24, 2.45) is 22.9 Å². The molecule has 36 heavy (non-hydrogen) atoms. The van der Waals surface area contributed by atoms with Crippen molar-refractivity contribution in [1.82, 2.24) is 0 Å². The van der Waals surface area contributed by atoms with Gasteiger partial charge in [0.15, 0.2) is 16.6 Å². The summed E-state index contributed by atoms with van der Waals surface area (Å²) in [5, 5.41) is 2.73. The van der Waals surface area contributed by atoms with Crippen LogP contribution in [0.15, 0.2) is 60.7 Å². The van der Waals surface area contributed by atoms with Crippen LogP contribution < -0.4 is 33.3 Å². The van der Waals surface area contributed by atoms with Crippen molar-refractivity contribution in [3.05, 3.63) is 60.7 Å². The molecule has 2 unspecified atom stereocenters. The molecule has 2 atom stereocenters. The molecule has 0 saturated heterocycles. The lowest BCUT2D eigenvalue weighted by atomic mass is 10.4. The third-order valence-electron chi connectivity index (χ3n) is 6.47. The summed E-state index contributed by atoms with van der Waals surface area (Å²) in [5.41, 5.74) is 22.8. The molecule has 0 aliphatic carbocycles. The van der Waals surface area contributed by atoms with E-state index in [1.54, 1.807) is 0 Å². The average Bonchev–Trinajstić information content (AvgIpc) is 2.87. The average molecular weight is 565 g/mol. The molecule has 0 radical (unpaired) electrons. The van der Waals surface area contributed by atoms with E-state index < -0.39 is 33.3 Å². The third kappa shape index (κ3) is 11.2. The highest BCUT2D eigenvalue weighted by Gasteiger charge is 2.41. The van der Waals surface area contributed by atoms with Gasteiger partial charge in [0, 0.05) is 12.3 Å². The standard InChI is InChI=1S/C20H32N2OSi2.C6H20N2OSi2/c1-24(17-9-15-21,19-11-5-3-6-12-19)23-25(2,18-10-16-22)20-13-7-4-8-14-20;1-10(2,5-7)9-11(3,4)6-8/h3-8,11-14H,9-10,15-18,21-22H2,1-2H3;5-8H2,1-4H3. The summed E-state index contributed by atoms with van der Waals surface area (Å²) in [7, 11) is -7.30. The van der Waals surface area contributed by atoms with Gasteiger partial charge in [0.1, 0.15) is 0 Å². The molecule has 0 heterocycles. The van der Waals surface area contributed by atoms with Crippen LogP contribution in [0.5, 0.6) is 0 Å². The minimum absolute atomic E-state index is 0.684. The maximum atomic E-state index is 7.17. The van der Waals surface area contributed by atoms with Gasteiger partial charge in [-0.25, -0.2) is 0 Å². The first kappa shape index (κ1) is 33.1. The van der Waals surface area contributed by atoms with Gasteiger partial charge in [-0.1, -0.05) is 60.7 Å². The van der Waals surface area contributed by atoms with E-state index in [9.17, 15) is 0 Å². The minimum atomic E-state index is -2.07. The van der Waals surface area contributed by atoms with Gasteiger partial charge < -0.3 is 31.2 Å². The second kappa shape index (κ2) is 15.5. The fourth-order valence-corrected chi connectivity index (χ4v) is 20.8. The summed E-state index contributed by atoms with van der Waals surface area (Å²) in [5.74, 6) is 0. The topological polar surface area (TPSA) is 123 Å². The van der Waals surface area contributed by atoms with Crippen molar-refractivity contribution in [1.29, 1.82) is 0 Å². The normalized spacial score (nSPS) is 15.4. The molecule has 0 saturated carbocycles. The Morgan fingerprint density at radius 1 is 0.528 bits per heavy atom. The van der Waals surface area contributed by atoms with Gasteiger partial charge in [-0.3, -0.25) is 0 Å². The number of nitrogens with two attached hydrogens (primary N) is 4. The second-order valence-corrected chi connectivity index (χ2v) is 27.7. The number of hydrogen-bond acceptors (Lipinski definition) is 6. The van der Waals surface area contributed by atoms with Gasteiger partial charge in [-0.15, -0.1) is 0 Å². The van der Waals surface area contributed by atoms with E-state index in [1.165, 1.54) is 10.4 Å².